The second kappa shape index (κ2) is 5.87. The first kappa shape index (κ1) is 15.4. The van der Waals surface area contributed by atoms with Crippen molar-refractivity contribution in [1.82, 2.24) is 30.5 Å². The minimum absolute atomic E-state index is 0.301. The normalized spacial score (nSPS) is 14.7. The van der Waals surface area contributed by atoms with Crippen LogP contribution >= 0.6 is 0 Å². The number of aromatic amines is 2. The Morgan fingerprint density at radius 2 is 1.67 bits per heavy atom. The third kappa shape index (κ3) is 2.34. The first-order valence-electron chi connectivity index (χ1n) is 8.49. The molecule has 5 rings (SSSR count). The van der Waals surface area contributed by atoms with Gasteiger partial charge in [0.1, 0.15) is 6.04 Å². The van der Waals surface area contributed by atoms with E-state index in [-0.39, 0.29) is 11.8 Å². The first-order valence-corrected chi connectivity index (χ1v) is 8.49. The summed E-state index contributed by atoms with van der Waals surface area (Å²) in [7, 11) is 0. The van der Waals surface area contributed by atoms with E-state index in [1.54, 1.807) is 24.3 Å². The van der Waals surface area contributed by atoms with Crippen molar-refractivity contribution >= 4 is 22.7 Å². The van der Waals surface area contributed by atoms with Gasteiger partial charge in [0.25, 0.3) is 11.8 Å². The zero-order valence-corrected chi connectivity index (χ0v) is 14.1. The lowest BCUT2D eigenvalue weighted by molar-refractivity contribution is 0.0574. The molecule has 0 aliphatic carbocycles. The molecule has 132 valence electrons. The molecule has 8 nitrogen and oxygen atoms in total. The van der Waals surface area contributed by atoms with Crippen LogP contribution < -0.4 is 0 Å². The predicted octanol–water partition coefficient (Wildman–Crippen LogP) is 2.26. The van der Waals surface area contributed by atoms with Crippen molar-refractivity contribution in [3.8, 4) is 0 Å². The first-order chi connectivity index (χ1) is 13.2. The van der Waals surface area contributed by atoms with E-state index in [0.29, 0.717) is 23.4 Å². The molecule has 0 saturated carbocycles. The minimum atomic E-state index is -0.657. The number of carbonyl (C=O) groups is 2. The number of nitrogens with zero attached hydrogens (tertiary/aromatic N) is 4. The van der Waals surface area contributed by atoms with Crippen LogP contribution in [-0.4, -0.2) is 42.3 Å². The van der Waals surface area contributed by atoms with Gasteiger partial charge in [-0.15, -0.1) is 10.2 Å². The average molecular weight is 358 g/mol. The molecule has 2 aromatic heterocycles. The van der Waals surface area contributed by atoms with Crippen molar-refractivity contribution < 1.29 is 9.59 Å². The van der Waals surface area contributed by atoms with E-state index in [1.165, 1.54) is 4.90 Å². The molecule has 0 unspecified atom stereocenters. The molecule has 3 heterocycles. The molecular weight excluding hydrogens is 344 g/mol. The Kier molecular flexibility index (Phi) is 3.36. The van der Waals surface area contributed by atoms with Gasteiger partial charge in [-0.25, -0.2) is 0 Å². The van der Waals surface area contributed by atoms with E-state index in [2.05, 4.69) is 25.6 Å². The third-order valence-corrected chi connectivity index (χ3v) is 4.89. The highest BCUT2D eigenvalue weighted by Crippen LogP contribution is 2.33. The van der Waals surface area contributed by atoms with E-state index in [4.69, 9.17) is 0 Å². The zero-order valence-electron chi connectivity index (χ0n) is 14.1. The van der Waals surface area contributed by atoms with Gasteiger partial charge in [0.05, 0.1) is 11.1 Å². The molecule has 0 fully saturated rings. The maximum absolute atomic E-state index is 12.9. The molecule has 0 radical (unpaired) electrons. The van der Waals surface area contributed by atoms with Crippen molar-refractivity contribution in [3.05, 3.63) is 77.2 Å². The van der Waals surface area contributed by atoms with Gasteiger partial charge in [-0.2, -0.15) is 5.21 Å². The highest BCUT2D eigenvalue weighted by atomic mass is 16.2. The van der Waals surface area contributed by atoms with Crippen LogP contribution in [0.1, 0.15) is 38.1 Å². The van der Waals surface area contributed by atoms with Crippen LogP contribution in [0.3, 0.4) is 0 Å². The highest BCUT2D eigenvalue weighted by Gasteiger charge is 2.42. The van der Waals surface area contributed by atoms with Crippen LogP contribution in [0.15, 0.2) is 54.7 Å². The summed E-state index contributed by atoms with van der Waals surface area (Å²) in [5.74, 6) is -0.384. The zero-order chi connectivity index (χ0) is 18.4. The molecular formula is C19H14N6O2. The number of benzene rings is 2. The molecule has 0 saturated heterocycles. The number of tetrazole rings is 1. The van der Waals surface area contributed by atoms with Gasteiger partial charge < -0.3 is 4.98 Å². The standard InChI is InChI=1S/C19H14N6O2/c26-18-13-6-1-2-7-14(13)19(27)25(18)16(17-21-23-24-22-17)9-11-10-20-15-8-4-3-5-12(11)15/h1-8,10,16,20H,9H2,(H,21,22,23,24)/t16-/m0/s1. The maximum atomic E-state index is 12.9. The number of carbonyl (C=O) groups excluding carboxylic acids is 2. The lowest BCUT2D eigenvalue weighted by Crippen LogP contribution is -2.36. The van der Waals surface area contributed by atoms with Crippen molar-refractivity contribution in [1.29, 1.82) is 0 Å². The number of fused-ring (bicyclic) bond motifs is 2. The Bertz CT molecular complexity index is 1130. The van der Waals surface area contributed by atoms with E-state index in [9.17, 15) is 9.59 Å². The summed E-state index contributed by atoms with van der Waals surface area (Å²) in [4.78, 5) is 30.3. The van der Waals surface area contributed by atoms with Crippen LogP contribution in [0.25, 0.3) is 10.9 Å². The Hall–Kier alpha value is -3.81. The molecule has 0 bridgehead atoms. The number of hydrogen-bond donors (Lipinski definition) is 2. The third-order valence-electron chi connectivity index (χ3n) is 4.89. The van der Waals surface area contributed by atoms with Crippen LogP contribution in [-0.2, 0) is 6.42 Å². The van der Waals surface area contributed by atoms with Crippen molar-refractivity contribution in [2.75, 3.05) is 0 Å². The largest absolute Gasteiger partial charge is 0.361 e. The molecule has 2 N–H and O–H groups in total. The maximum Gasteiger partial charge on any atom is 0.262 e. The lowest BCUT2D eigenvalue weighted by Gasteiger charge is -2.23. The number of hydrogen-bond acceptors (Lipinski definition) is 5. The second-order valence-corrected chi connectivity index (χ2v) is 6.38. The number of nitrogens with one attached hydrogen (secondary N) is 2. The van der Waals surface area contributed by atoms with Crippen molar-refractivity contribution in [2.45, 2.75) is 12.5 Å². The van der Waals surface area contributed by atoms with Crippen LogP contribution in [0.5, 0.6) is 0 Å². The second-order valence-electron chi connectivity index (χ2n) is 6.38. The molecule has 8 heteroatoms. The van der Waals surface area contributed by atoms with Gasteiger partial charge in [-0.3, -0.25) is 14.5 Å². The van der Waals surface area contributed by atoms with E-state index >= 15 is 0 Å². The molecule has 0 spiro atoms. The molecule has 2 aromatic carbocycles. The van der Waals surface area contributed by atoms with Gasteiger partial charge in [-0.05, 0) is 23.8 Å². The quantitative estimate of drug-likeness (QED) is 0.544. The minimum Gasteiger partial charge on any atom is -0.361 e. The Labute approximate surface area is 153 Å². The molecule has 27 heavy (non-hydrogen) atoms. The molecule has 1 aliphatic heterocycles. The Morgan fingerprint density at radius 1 is 0.963 bits per heavy atom. The molecule has 4 aromatic rings. The average Bonchev–Trinajstić information content (AvgIpc) is 3.41. The van der Waals surface area contributed by atoms with Crippen LogP contribution in [0, 0.1) is 0 Å². The van der Waals surface area contributed by atoms with Gasteiger partial charge in [0.15, 0.2) is 5.82 Å². The lowest BCUT2D eigenvalue weighted by atomic mass is 10.0. The number of rotatable bonds is 4. The number of imide groups is 1. The fraction of sp³-hybridized carbons (Fsp3) is 0.105. The number of amides is 2. The van der Waals surface area contributed by atoms with Crippen molar-refractivity contribution in [3.63, 3.8) is 0 Å². The number of H-pyrrole nitrogens is 2. The van der Waals surface area contributed by atoms with Crippen LogP contribution in [0.2, 0.25) is 0 Å². The van der Waals surface area contributed by atoms with Gasteiger partial charge >= 0.3 is 0 Å². The predicted molar refractivity (Wildman–Crippen MR) is 95.9 cm³/mol. The fourth-order valence-corrected chi connectivity index (χ4v) is 3.61. The summed E-state index contributed by atoms with van der Waals surface area (Å²) in [6.45, 7) is 0. The Morgan fingerprint density at radius 3 is 2.37 bits per heavy atom. The van der Waals surface area contributed by atoms with E-state index in [1.807, 2.05) is 30.5 Å². The highest BCUT2D eigenvalue weighted by molar-refractivity contribution is 6.21. The summed E-state index contributed by atoms with van der Waals surface area (Å²) in [6.07, 6.45) is 2.27. The summed E-state index contributed by atoms with van der Waals surface area (Å²) in [5, 5.41) is 15.2. The monoisotopic (exact) mass is 358 g/mol. The molecule has 1 atom stereocenters. The summed E-state index contributed by atoms with van der Waals surface area (Å²) in [6, 6.07) is 14.0. The van der Waals surface area contributed by atoms with Gasteiger partial charge in [0, 0.05) is 23.5 Å². The van der Waals surface area contributed by atoms with E-state index < -0.39 is 6.04 Å². The SMILES string of the molecule is O=C1c2ccccc2C(=O)N1[C@@H](Cc1c[nH]c2ccccc12)c1nn[nH]n1. The molecule has 1 aliphatic rings. The fourth-order valence-electron chi connectivity index (χ4n) is 3.61. The van der Waals surface area contributed by atoms with Crippen molar-refractivity contribution in [2.24, 2.45) is 0 Å². The number of para-hydroxylation sites is 1. The van der Waals surface area contributed by atoms with Crippen LogP contribution in [0.4, 0.5) is 0 Å². The summed E-state index contributed by atoms with van der Waals surface area (Å²) >= 11 is 0. The smallest absolute Gasteiger partial charge is 0.262 e. The Balaban J connectivity index is 1.59. The summed E-state index contributed by atoms with van der Waals surface area (Å²) in [5.41, 5.74) is 2.75. The van der Waals surface area contributed by atoms with Gasteiger partial charge in [0.2, 0.25) is 0 Å². The number of aromatic nitrogens is 5. The summed E-state index contributed by atoms with van der Waals surface area (Å²) < 4.78 is 0. The van der Waals surface area contributed by atoms with Gasteiger partial charge in [-0.1, -0.05) is 35.5 Å². The van der Waals surface area contributed by atoms with E-state index in [0.717, 1.165) is 16.5 Å². The molecule has 2 amide bonds. The topological polar surface area (TPSA) is 108 Å².